The molecule has 4 N–H and O–H groups in total. The number of hydrogen-bond acceptors (Lipinski definition) is 3. The Hall–Kier alpha value is -2.82. The minimum atomic E-state index is -0.989. The van der Waals surface area contributed by atoms with Gasteiger partial charge in [0.1, 0.15) is 0 Å². The van der Waals surface area contributed by atoms with Crippen molar-refractivity contribution >= 4 is 23.3 Å². The summed E-state index contributed by atoms with van der Waals surface area (Å²) < 4.78 is 0. The number of aryl methyl sites for hydroxylation is 1. The van der Waals surface area contributed by atoms with Crippen LogP contribution in [0.15, 0.2) is 36.4 Å². The van der Waals surface area contributed by atoms with Gasteiger partial charge >= 0.3 is 5.97 Å². The molecule has 0 fully saturated rings. The van der Waals surface area contributed by atoms with Gasteiger partial charge in [0.2, 0.25) is 0 Å². The number of nitrogen functional groups attached to an aromatic ring is 1. The number of amides is 1. The zero-order valence-electron chi connectivity index (χ0n) is 11.8. The summed E-state index contributed by atoms with van der Waals surface area (Å²) in [6.45, 7) is 3.47. The van der Waals surface area contributed by atoms with E-state index in [4.69, 9.17) is 10.8 Å². The highest BCUT2D eigenvalue weighted by Gasteiger charge is 2.12. The van der Waals surface area contributed by atoms with Crippen LogP contribution in [0.4, 0.5) is 11.4 Å². The number of carboxylic acids is 1. The van der Waals surface area contributed by atoms with E-state index >= 15 is 0 Å². The van der Waals surface area contributed by atoms with Crippen molar-refractivity contribution < 1.29 is 14.7 Å². The molecule has 0 saturated heterocycles. The summed E-state index contributed by atoms with van der Waals surface area (Å²) in [6.07, 6.45) is 0. The molecule has 5 heteroatoms. The highest BCUT2D eigenvalue weighted by Crippen LogP contribution is 2.19. The maximum Gasteiger partial charge on any atom is 0.335 e. The second-order valence-corrected chi connectivity index (χ2v) is 4.81. The third-order valence-corrected chi connectivity index (χ3v) is 3.34. The van der Waals surface area contributed by atoms with Crippen molar-refractivity contribution in [3.05, 3.63) is 58.7 Å². The van der Waals surface area contributed by atoms with Crippen LogP contribution < -0.4 is 11.1 Å². The van der Waals surface area contributed by atoms with E-state index < -0.39 is 5.97 Å². The largest absolute Gasteiger partial charge is 0.478 e. The molecular formula is C16H16N2O3. The fourth-order valence-corrected chi connectivity index (χ4v) is 2.08. The summed E-state index contributed by atoms with van der Waals surface area (Å²) in [5.74, 6) is -1.26. The van der Waals surface area contributed by atoms with Crippen LogP contribution in [0.1, 0.15) is 31.8 Å². The number of rotatable bonds is 3. The van der Waals surface area contributed by atoms with Gasteiger partial charge in [-0.15, -0.1) is 0 Å². The van der Waals surface area contributed by atoms with E-state index in [1.54, 1.807) is 44.2 Å². The lowest BCUT2D eigenvalue weighted by molar-refractivity contribution is 0.0696. The van der Waals surface area contributed by atoms with Gasteiger partial charge in [-0.2, -0.15) is 0 Å². The lowest BCUT2D eigenvalue weighted by Gasteiger charge is -2.10. The standard InChI is InChI=1S/C16H16N2O3/c1-9-8-11(6-7-12(9)16(20)21)18-15(19)13-4-3-5-14(17)10(13)2/h3-8H,17H2,1-2H3,(H,18,19)(H,20,21). The topological polar surface area (TPSA) is 92.4 Å². The molecule has 0 aromatic heterocycles. The SMILES string of the molecule is Cc1cc(NC(=O)c2cccc(N)c2C)ccc1C(=O)O. The zero-order valence-corrected chi connectivity index (χ0v) is 11.8. The van der Waals surface area contributed by atoms with Crippen LogP contribution in [-0.4, -0.2) is 17.0 Å². The minimum absolute atomic E-state index is 0.216. The molecule has 0 bridgehead atoms. The van der Waals surface area contributed by atoms with E-state index in [0.717, 1.165) is 0 Å². The predicted octanol–water partition coefficient (Wildman–Crippen LogP) is 2.84. The van der Waals surface area contributed by atoms with E-state index in [2.05, 4.69) is 5.32 Å². The van der Waals surface area contributed by atoms with Crippen LogP contribution in [0.2, 0.25) is 0 Å². The Labute approximate surface area is 122 Å². The van der Waals surface area contributed by atoms with Gasteiger partial charge in [-0.25, -0.2) is 4.79 Å². The Morgan fingerprint density at radius 1 is 1.10 bits per heavy atom. The third-order valence-electron chi connectivity index (χ3n) is 3.34. The van der Waals surface area contributed by atoms with Crippen LogP contribution >= 0.6 is 0 Å². The molecule has 1 amide bonds. The van der Waals surface area contributed by atoms with Gasteiger partial charge in [0, 0.05) is 16.9 Å². The maximum atomic E-state index is 12.2. The highest BCUT2D eigenvalue weighted by molar-refractivity contribution is 6.06. The van der Waals surface area contributed by atoms with Gasteiger partial charge in [0.25, 0.3) is 5.91 Å². The Kier molecular flexibility index (Phi) is 3.93. The first-order chi connectivity index (χ1) is 9.90. The van der Waals surface area contributed by atoms with Crippen LogP contribution in [-0.2, 0) is 0 Å². The number of benzene rings is 2. The fraction of sp³-hybridized carbons (Fsp3) is 0.125. The summed E-state index contributed by atoms with van der Waals surface area (Å²) in [5.41, 5.74) is 8.90. The summed E-state index contributed by atoms with van der Waals surface area (Å²) >= 11 is 0. The summed E-state index contributed by atoms with van der Waals surface area (Å²) in [4.78, 5) is 23.2. The van der Waals surface area contributed by atoms with Crippen molar-refractivity contribution in [2.75, 3.05) is 11.1 Å². The number of carbonyl (C=O) groups is 2. The second kappa shape index (κ2) is 5.66. The second-order valence-electron chi connectivity index (χ2n) is 4.81. The van der Waals surface area contributed by atoms with Crippen molar-refractivity contribution in [3.8, 4) is 0 Å². The molecule has 21 heavy (non-hydrogen) atoms. The van der Waals surface area contributed by atoms with Crippen molar-refractivity contribution in [1.82, 2.24) is 0 Å². The number of nitrogens with two attached hydrogens (primary N) is 1. The summed E-state index contributed by atoms with van der Waals surface area (Å²) in [5, 5.41) is 11.7. The fourth-order valence-electron chi connectivity index (χ4n) is 2.08. The Morgan fingerprint density at radius 3 is 2.43 bits per heavy atom. The molecule has 0 atom stereocenters. The average Bonchev–Trinajstić information content (AvgIpc) is 2.41. The average molecular weight is 284 g/mol. The lowest BCUT2D eigenvalue weighted by atomic mass is 10.1. The summed E-state index contributed by atoms with van der Waals surface area (Å²) in [6, 6.07) is 9.81. The molecule has 0 heterocycles. The van der Waals surface area contributed by atoms with E-state index in [1.807, 2.05) is 0 Å². The Bertz CT molecular complexity index is 723. The van der Waals surface area contributed by atoms with Gasteiger partial charge in [-0.05, 0) is 55.3 Å². The number of carbonyl (C=O) groups excluding carboxylic acids is 1. The molecule has 2 aromatic carbocycles. The lowest BCUT2D eigenvalue weighted by Crippen LogP contribution is -2.14. The molecular weight excluding hydrogens is 268 g/mol. The number of hydrogen-bond donors (Lipinski definition) is 3. The molecule has 108 valence electrons. The first-order valence-corrected chi connectivity index (χ1v) is 6.40. The van der Waals surface area contributed by atoms with E-state index in [9.17, 15) is 9.59 Å². The van der Waals surface area contributed by atoms with Gasteiger partial charge in [0.15, 0.2) is 0 Å². The van der Waals surface area contributed by atoms with Crippen molar-refractivity contribution in [3.63, 3.8) is 0 Å². The van der Waals surface area contributed by atoms with Gasteiger partial charge < -0.3 is 16.2 Å². The first-order valence-electron chi connectivity index (χ1n) is 6.40. The molecule has 0 spiro atoms. The first kappa shape index (κ1) is 14.6. The highest BCUT2D eigenvalue weighted by atomic mass is 16.4. The smallest absolute Gasteiger partial charge is 0.335 e. The van der Waals surface area contributed by atoms with Gasteiger partial charge in [0.05, 0.1) is 5.56 Å². The Morgan fingerprint density at radius 2 is 1.81 bits per heavy atom. The third kappa shape index (κ3) is 3.02. The van der Waals surface area contributed by atoms with Crippen LogP contribution in [0, 0.1) is 13.8 Å². The minimum Gasteiger partial charge on any atom is -0.478 e. The predicted molar refractivity (Wildman–Crippen MR) is 81.7 cm³/mol. The molecule has 0 unspecified atom stereocenters. The van der Waals surface area contributed by atoms with E-state index in [-0.39, 0.29) is 11.5 Å². The molecule has 5 nitrogen and oxygen atoms in total. The van der Waals surface area contributed by atoms with Crippen molar-refractivity contribution in [1.29, 1.82) is 0 Å². The quantitative estimate of drug-likeness (QED) is 0.756. The molecule has 2 rings (SSSR count). The van der Waals surface area contributed by atoms with Crippen molar-refractivity contribution in [2.24, 2.45) is 0 Å². The van der Waals surface area contributed by atoms with Crippen molar-refractivity contribution in [2.45, 2.75) is 13.8 Å². The normalized spacial score (nSPS) is 10.2. The monoisotopic (exact) mass is 284 g/mol. The summed E-state index contributed by atoms with van der Waals surface area (Å²) in [7, 11) is 0. The van der Waals surface area contributed by atoms with Crippen LogP contribution in [0.25, 0.3) is 0 Å². The number of carboxylic acid groups (broad SMARTS) is 1. The molecule has 0 aliphatic heterocycles. The molecule has 0 saturated carbocycles. The van der Waals surface area contributed by atoms with E-state index in [1.165, 1.54) is 6.07 Å². The van der Waals surface area contributed by atoms with Crippen LogP contribution in [0.5, 0.6) is 0 Å². The number of nitrogens with one attached hydrogen (secondary N) is 1. The number of aromatic carboxylic acids is 1. The van der Waals surface area contributed by atoms with Gasteiger partial charge in [-0.1, -0.05) is 6.07 Å². The van der Waals surface area contributed by atoms with Crippen LogP contribution in [0.3, 0.4) is 0 Å². The molecule has 0 aliphatic carbocycles. The molecule has 0 aliphatic rings. The van der Waals surface area contributed by atoms with Gasteiger partial charge in [-0.3, -0.25) is 4.79 Å². The zero-order chi connectivity index (χ0) is 15.6. The molecule has 0 radical (unpaired) electrons. The number of anilines is 2. The molecule has 2 aromatic rings. The maximum absolute atomic E-state index is 12.2. The Balaban J connectivity index is 2.26. The van der Waals surface area contributed by atoms with E-state index in [0.29, 0.717) is 28.1 Å².